The van der Waals surface area contributed by atoms with Crippen molar-refractivity contribution in [2.45, 2.75) is 43.8 Å². The fourth-order valence-corrected chi connectivity index (χ4v) is 3.87. The number of fused-ring (bicyclic) bond motifs is 4. The van der Waals surface area contributed by atoms with Gasteiger partial charge in [-0.1, -0.05) is 37.5 Å². The van der Waals surface area contributed by atoms with Crippen molar-refractivity contribution >= 4 is 11.8 Å². The van der Waals surface area contributed by atoms with Gasteiger partial charge in [-0.25, -0.2) is 0 Å². The highest BCUT2D eigenvalue weighted by atomic mass is 16.2. The van der Waals surface area contributed by atoms with Crippen LogP contribution in [0.4, 0.5) is 0 Å². The molecule has 0 radical (unpaired) electrons. The topological polar surface area (TPSA) is 49.4 Å². The molecule has 1 N–H and O–H groups in total. The summed E-state index contributed by atoms with van der Waals surface area (Å²) >= 11 is 0. The summed E-state index contributed by atoms with van der Waals surface area (Å²) in [6.07, 6.45) is 4.58. The third-order valence-corrected chi connectivity index (χ3v) is 4.80. The van der Waals surface area contributed by atoms with Gasteiger partial charge in [0.15, 0.2) is 0 Å². The number of hydrogen-bond donors (Lipinski definition) is 1. The predicted molar refractivity (Wildman–Crippen MR) is 69.3 cm³/mol. The smallest absolute Gasteiger partial charge is 0.257 e. The lowest BCUT2D eigenvalue weighted by molar-refractivity contribution is -0.127. The summed E-state index contributed by atoms with van der Waals surface area (Å²) < 4.78 is 0. The van der Waals surface area contributed by atoms with Crippen molar-refractivity contribution in [1.29, 1.82) is 0 Å². The van der Waals surface area contributed by atoms with Gasteiger partial charge in [0.1, 0.15) is 11.7 Å². The first kappa shape index (κ1) is 11.0. The average Bonchev–Trinajstić information content (AvgIpc) is 2.88. The molecule has 2 aliphatic heterocycles. The van der Waals surface area contributed by atoms with E-state index in [1.54, 1.807) is 0 Å². The number of nitrogens with one attached hydrogen (secondary N) is 1. The molecule has 2 amide bonds. The first-order valence-electron chi connectivity index (χ1n) is 6.98. The van der Waals surface area contributed by atoms with E-state index in [0.717, 1.165) is 43.2 Å². The van der Waals surface area contributed by atoms with Gasteiger partial charge in [0, 0.05) is 11.1 Å². The van der Waals surface area contributed by atoms with Crippen molar-refractivity contribution in [3.05, 3.63) is 35.4 Å². The summed E-state index contributed by atoms with van der Waals surface area (Å²) in [5.41, 5.74) is 1.11. The van der Waals surface area contributed by atoms with Crippen LogP contribution in [-0.2, 0) is 4.79 Å². The van der Waals surface area contributed by atoms with E-state index < -0.39 is 5.54 Å². The van der Waals surface area contributed by atoms with E-state index in [2.05, 4.69) is 5.32 Å². The molecule has 0 unspecified atom stereocenters. The zero-order valence-electron chi connectivity index (χ0n) is 10.7. The molecule has 1 aromatic rings. The molecule has 4 rings (SSSR count). The minimum Gasteiger partial charge on any atom is -0.330 e. The van der Waals surface area contributed by atoms with Crippen molar-refractivity contribution in [2.24, 2.45) is 0 Å². The lowest BCUT2D eigenvalue weighted by Crippen LogP contribution is -2.51. The Hall–Kier alpha value is -1.84. The van der Waals surface area contributed by atoms with Crippen LogP contribution in [0.1, 0.15) is 54.2 Å². The summed E-state index contributed by atoms with van der Waals surface area (Å²) in [7, 11) is 0. The van der Waals surface area contributed by atoms with Gasteiger partial charge in [0.25, 0.3) is 5.91 Å². The monoisotopic (exact) mass is 256 g/mol. The Kier molecular flexibility index (Phi) is 2.08. The van der Waals surface area contributed by atoms with Crippen LogP contribution >= 0.6 is 0 Å². The van der Waals surface area contributed by atoms with Crippen LogP contribution in [0, 0.1) is 0 Å². The quantitative estimate of drug-likeness (QED) is 0.771. The van der Waals surface area contributed by atoms with E-state index in [0.29, 0.717) is 0 Å². The van der Waals surface area contributed by atoms with E-state index in [4.69, 9.17) is 0 Å². The highest BCUT2D eigenvalue weighted by Crippen LogP contribution is 2.47. The number of carbonyl (C=O) groups excluding carboxylic acids is 2. The summed E-state index contributed by atoms with van der Waals surface area (Å²) in [5.74, 6) is 0.0564. The molecule has 0 bridgehead atoms. The second-order valence-corrected chi connectivity index (χ2v) is 5.73. The van der Waals surface area contributed by atoms with Crippen molar-refractivity contribution < 1.29 is 9.59 Å². The maximum atomic E-state index is 12.6. The Labute approximate surface area is 111 Å². The molecule has 2 heterocycles. The van der Waals surface area contributed by atoms with E-state index in [9.17, 15) is 9.59 Å². The summed E-state index contributed by atoms with van der Waals surface area (Å²) in [6, 6.07) is 7.61. The predicted octanol–water partition coefficient (Wildman–Crippen LogP) is 1.97. The molecule has 1 saturated carbocycles. The number of nitrogens with zero attached hydrogens (tertiary/aromatic N) is 1. The number of rotatable bonds is 0. The lowest BCUT2D eigenvalue weighted by atomic mass is 9.80. The molecule has 1 saturated heterocycles. The van der Waals surface area contributed by atoms with Crippen LogP contribution in [0.3, 0.4) is 0 Å². The number of carbonyl (C=O) groups is 2. The molecule has 19 heavy (non-hydrogen) atoms. The minimum atomic E-state index is -0.584. The van der Waals surface area contributed by atoms with Crippen LogP contribution in [-0.4, -0.2) is 22.3 Å². The van der Waals surface area contributed by atoms with Crippen LogP contribution in [0.15, 0.2) is 24.3 Å². The Balaban J connectivity index is 1.84. The van der Waals surface area contributed by atoms with Gasteiger partial charge >= 0.3 is 0 Å². The van der Waals surface area contributed by atoms with Gasteiger partial charge in [-0.2, -0.15) is 0 Å². The molecule has 3 aliphatic rings. The van der Waals surface area contributed by atoms with Crippen LogP contribution in [0.2, 0.25) is 0 Å². The standard InChI is InChI=1S/C15H16N2O2/c18-13-11-7-3-2-6-10(11)12-16-14(19)15(17(12)13)8-4-1-5-9-15/h2-3,6-7,12H,1,4-5,8-9H2,(H,16,19)/t12-/m0/s1. The normalized spacial score (nSPS) is 27.4. The molecular formula is C15H16N2O2. The van der Waals surface area contributed by atoms with Gasteiger partial charge in [-0.15, -0.1) is 0 Å². The highest BCUT2D eigenvalue weighted by molar-refractivity contribution is 6.06. The van der Waals surface area contributed by atoms with Crippen molar-refractivity contribution in [1.82, 2.24) is 10.2 Å². The molecule has 98 valence electrons. The van der Waals surface area contributed by atoms with E-state index in [-0.39, 0.29) is 18.0 Å². The van der Waals surface area contributed by atoms with Crippen molar-refractivity contribution in [3.63, 3.8) is 0 Å². The Morgan fingerprint density at radius 3 is 2.63 bits per heavy atom. The fourth-order valence-electron chi connectivity index (χ4n) is 3.87. The third-order valence-electron chi connectivity index (χ3n) is 4.80. The molecule has 1 aromatic carbocycles. The van der Waals surface area contributed by atoms with E-state index in [1.807, 2.05) is 29.2 Å². The Morgan fingerprint density at radius 2 is 1.84 bits per heavy atom. The first-order chi connectivity index (χ1) is 9.24. The minimum absolute atomic E-state index is 0.0147. The molecule has 0 aromatic heterocycles. The third kappa shape index (κ3) is 1.24. The second-order valence-electron chi connectivity index (χ2n) is 5.73. The summed E-state index contributed by atoms with van der Waals surface area (Å²) in [5, 5.41) is 3.03. The molecule has 1 spiro atoms. The van der Waals surface area contributed by atoms with Crippen molar-refractivity contribution in [3.8, 4) is 0 Å². The number of amides is 2. The Morgan fingerprint density at radius 1 is 1.11 bits per heavy atom. The molecule has 1 atom stereocenters. The summed E-state index contributed by atoms with van der Waals surface area (Å²) in [4.78, 5) is 26.9. The van der Waals surface area contributed by atoms with E-state index >= 15 is 0 Å². The largest absolute Gasteiger partial charge is 0.330 e. The fraction of sp³-hybridized carbons (Fsp3) is 0.467. The zero-order valence-corrected chi connectivity index (χ0v) is 10.7. The molecule has 4 heteroatoms. The maximum Gasteiger partial charge on any atom is 0.257 e. The maximum absolute atomic E-state index is 12.6. The van der Waals surface area contributed by atoms with E-state index in [1.165, 1.54) is 0 Å². The van der Waals surface area contributed by atoms with Gasteiger partial charge in [-0.05, 0) is 18.9 Å². The average molecular weight is 256 g/mol. The van der Waals surface area contributed by atoms with Gasteiger partial charge < -0.3 is 5.32 Å². The Bertz CT molecular complexity index is 575. The second kappa shape index (κ2) is 3.59. The molecule has 1 aliphatic carbocycles. The highest BCUT2D eigenvalue weighted by Gasteiger charge is 2.59. The lowest BCUT2D eigenvalue weighted by Gasteiger charge is -2.38. The van der Waals surface area contributed by atoms with Crippen LogP contribution in [0.25, 0.3) is 0 Å². The van der Waals surface area contributed by atoms with Gasteiger partial charge in [0.2, 0.25) is 5.91 Å². The zero-order chi connectivity index (χ0) is 13.0. The van der Waals surface area contributed by atoms with Crippen molar-refractivity contribution in [2.75, 3.05) is 0 Å². The molecular weight excluding hydrogens is 240 g/mol. The first-order valence-corrected chi connectivity index (χ1v) is 6.98. The van der Waals surface area contributed by atoms with Crippen LogP contribution in [0.5, 0.6) is 0 Å². The SMILES string of the molecule is O=C1c2ccccc2[C@H]2NC(=O)C3(CCCCC3)N12. The molecule has 4 nitrogen and oxygen atoms in total. The van der Waals surface area contributed by atoms with Gasteiger partial charge in [-0.3, -0.25) is 14.5 Å². The summed E-state index contributed by atoms with van der Waals surface area (Å²) in [6.45, 7) is 0. The van der Waals surface area contributed by atoms with Crippen LogP contribution < -0.4 is 5.32 Å². The number of benzene rings is 1. The van der Waals surface area contributed by atoms with Gasteiger partial charge in [0.05, 0.1) is 0 Å². The molecule has 2 fully saturated rings. The number of hydrogen-bond acceptors (Lipinski definition) is 2.